The normalized spacial score (nSPS) is 13.6. The predicted molar refractivity (Wildman–Crippen MR) is 81.3 cm³/mol. The molecule has 1 aliphatic rings. The molecule has 6 heteroatoms. The molecule has 0 atom stereocenters. The number of ether oxygens (including phenoxy) is 1. The molecule has 2 rings (SSSR count). The standard InChI is InChI=1S/C15H21N3O3/c1-2-21-15(20)18-13-7-5-12(6-8-13)17-14(19)10-16-9-11-3-4-11/h5-8,11,16H,2-4,9-10H2,1H3,(H,17,19)(H,18,20). The van der Waals surface area contributed by atoms with Gasteiger partial charge in [0.25, 0.3) is 0 Å². The Kier molecular flexibility index (Phi) is 5.57. The van der Waals surface area contributed by atoms with E-state index in [9.17, 15) is 9.59 Å². The number of hydrogen-bond donors (Lipinski definition) is 3. The summed E-state index contributed by atoms with van der Waals surface area (Å²) in [7, 11) is 0. The van der Waals surface area contributed by atoms with E-state index >= 15 is 0 Å². The van der Waals surface area contributed by atoms with Gasteiger partial charge in [0.05, 0.1) is 13.2 Å². The van der Waals surface area contributed by atoms with Crippen molar-refractivity contribution < 1.29 is 14.3 Å². The Morgan fingerprint density at radius 3 is 2.33 bits per heavy atom. The topological polar surface area (TPSA) is 79.5 Å². The van der Waals surface area contributed by atoms with Gasteiger partial charge in [-0.3, -0.25) is 10.1 Å². The predicted octanol–water partition coefficient (Wildman–Crippen LogP) is 2.19. The molecule has 1 aromatic carbocycles. The van der Waals surface area contributed by atoms with Crippen LogP contribution in [0.25, 0.3) is 0 Å². The Labute approximate surface area is 124 Å². The summed E-state index contributed by atoms with van der Waals surface area (Å²) in [5, 5.41) is 8.52. The van der Waals surface area contributed by atoms with Gasteiger partial charge in [0, 0.05) is 11.4 Å². The first-order valence-corrected chi connectivity index (χ1v) is 7.21. The molecule has 2 amide bonds. The molecule has 0 radical (unpaired) electrons. The largest absolute Gasteiger partial charge is 0.450 e. The average Bonchev–Trinajstić information content (AvgIpc) is 3.25. The van der Waals surface area contributed by atoms with E-state index in [1.165, 1.54) is 12.8 Å². The molecule has 3 N–H and O–H groups in total. The van der Waals surface area contributed by atoms with Crippen LogP contribution in [-0.2, 0) is 9.53 Å². The maximum atomic E-state index is 11.7. The highest BCUT2D eigenvalue weighted by molar-refractivity contribution is 5.92. The van der Waals surface area contributed by atoms with E-state index in [-0.39, 0.29) is 5.91 Å². The van der Waals surface area contributed by atoms with Gasteiger partial charge in [-0.1, -0.05) is 0 Å². The van der Waals surface area contributed by atoms with E-state index in [1.54, 1.807) is 31.2 Å². The minimum atomic E-state index is -0.487. The molecule has 21 heavy (non-hydrogen) atoms. The summed E-state index contributed by atoms with van der Waals surface area (Å²) >= 11 is 0. The number of amides is 2. The lowest BCUT2D eigenvalue weighted by molar-refractivity contribution is -0.115. The number of carbonyl (C=O) groups excluding carboxylic acids is 2. The molecule has 0 unspecified atom stereocenters. The van der Waals surface area contributed by atoms with Crippen LogP contribution in [0.2, 0.25) is 0 Å². The van der Waals surface area contributed by atoms with Gasteiger partial charge in [0.1, 0.15) is 0 Å². The van der Waals surface area contributed by atoms with Crippen molar-refractivity contribution in [3.05, 3.63) is 24.3 Å². The van der Waals surface area contributed by atoms with Crippen molar-refractivity contribution in [3.63, 3.8) is 0 Å². The minimum absolute atomic E-state index is 0.0678. The number of rotatable bonds is 7. The number of hydrogen-bond acceptors (Lipinski definition) is 4. The lowest BCUT2D eigenvalue weighted by Gasteiger charge is -2.08. The van der Waals surface area contributed by atoms with Crippen LogP contribution in [-0.4, -0.2) is 31.7 Å². The molecule has 1 fully saturated rings. The summed E-state index contributed by atoms with van der Waals surface area (Å²) < 4.78 is 4.78. The molecule has 1 saturated carbocycles. The lowest BCUT2D eigenvalue weighted by atomic mass is 10.3. The second-order valence-corrected chi connectivity index (χ2v) is 5.05. The van der Waals surface area contributed by atoms with Crippen LogP contribution < -0.4 is 16.0 Å². The van der Waals surface area contributed by atoms with Gasteiger partial charge in [-0.2, -0.15) is 0 Å². The smallest absolute Gasteiger partial charge is 0.411 e. The molecule has 1 aromatic rings. The van der Waals surface area contributed by atoms with E-state index in [4.69, 9.17) is 4.74 Å². The Bertz CT molecular complexity index is 483. The van der Waals surface area contributed by atoms with Crippen molar-refractivity contribution >= 4 is 23.4 Å². The lowest BCUT2D eigenvalue weighted by Crippen LogP contribution is -2.29. The maximum absolute atomic E-state index is 11.7. The van der Waals surface area contributed by atoms with Crippen molar-refractivity contribution in [3.8, 4) is 0 Å². The van der Waals surface area contributed by atoms with Crippen LogP contribution >= 0.6 is 0 Å². The number of nitrogens with one attached hydrogen (secondary N) is 3. The highest BCUT2D eigenvalue weighted by atomic mass is 16.5. The molecule has 0 saturated heterocycles. The fourth-order valence-corrected chi connectivity index (χ4v) is 1.84. The summed E-state index contributed by atoms with van der Waals surface area (Å²) in [5.74, 6) is 0.688. The average molecular weight is 291 g/mol. The summed E-state index contributed by atoms with van der Waals surface area (Å²) in [6.45, 7) is 3.30. The third kappa shape index (κ3) is 5.83. The molecule has 114 valence electrons. The van der Waals surface area contributed by atoms with Crippen LogP contribution in [0.5, 0.6) is 0 Å². The van der Waals surface area contributed by atoms with Crippen molar-refractivity contribution in [1.29, 1.82) is 0 Å². The Morgan fingerprint density at radius 1 is 1.14 bits per heavy atom. The summed E-state index contributed by atoms with van der Waals surface area (Å²) in [6, 6.07) is 6.90. The number of carbonyl (C=O) groups is 2. The third-order valence-electron chi connectivity index (χ3n) is 3.11. The SMILES string of the molecule is CCOC(=O)Nc1ccc(NC(=O)CNCC2CC2)cc1. The first-order valence-electron chi connectivity index (χ1n) is 7.21. The fourth-order valence-electron chi connectivity index (χ4n) is 1.84. The van der Waals surface area contributed by atoms with E-state index in [0.29, 0.717) is 24.5 Å². The zero-order valence-corrected chi connectivity index (χ0v) is 12.1. The zero-order chi connectivity index (χ0) is 15.1. The molecule has 0 aliphatic heterocycles. The van der Waals surface area contributed by atoms with Gasteiger partial charge in [-0.15, -0.1) is 0 Å². The van der Waals surface area contributed by atoms with Crippen LogP contribution in [0, 0.1) is 5.92 Å². The highest BCUT2D eigenvalue weighted by Gasteiger charge is 2.20. The van der Waals surface area contributed by atoms with E-state index in [0.717, 1.165) is 12.5 Å². The van der Waals surface area contributed by atoms with Gasteiger partial charge in [0.2, 0.25) is 5.91 Å². The van der Waals surface area contributed by atoms with Gasteiger partial charge in [-0.25, -0.2) is 4.79 Å². The van der Waals surface area contributed by atoms with Gasteiger partial charge < -0.3 is 15.4 Å². The third-order valence-corrected chi connectivity index (χ3v) is 3.11. The van der Waals surface area contributed by atoms with Crippen LogP contribution in [0.1, 0.15) is 19.8 Å². The molecular formula is C15H21N3O3. The summed E-state index contributed by atoms with van der Waals surface area (Å²) in [4.78, 5) is 22.9. The molecule has 1 aliphatic carbocycles. The second-order valence-electron chi connectivity index (χ2n) is 5.05. The van der Waals surface area contributed by atoms with Crippen molar-refractivity contribution in [1.82, 2.24) is 5.32 Å². The van der Waals surface area contributed by atoms with Crippen LogP contribution in [0.15, 0.2) is 24.3 Å². The van der Waals surface area contributed by atoms with E-state index < -0.39 is 6.09 Å². The number of anilines is 2. The Balaban J connectivity index is 1.72. The molecule has 0 spiro atoms. The van der Waals surface area contributed by atoms with Crippen LogP contribution in [0.3, 0.4) is 0 Å². The van der Waals surface area contributed by atoms with Crippen molar-refractivity contribution in [2.45, 2.75) is 19.8 Å². The molecule has 0 aromatic heterocycles. The molecule has 6 nitrogen and oxygen atoms in total. The van der Waals surface area contributed by atoms with Gasteiger partial charge >= 0.3 is 6.09 Å². The Hall–Kier alpha value is -2.08. The number of benzene rings is 1. The quantitative estimate of drug-likeness (QED) is 0.719. The highest BCUT2D eigenvalue weighted by Crippen LogP contribution is 2.27. The molecule has 0 bridgehead atoms. The fraction of sp³-hybridized carbons (Fsp3) is 0.467. The second kappa shape index (κ2) is 7.64. The summed E-state index contributed by atoms with van der Waals surface area (Å²) in [6.07, 6.45) is 2.05. The van der Waals surface area contributed by atoms with Crippen molar-refractivity contribution in [2.75, 3.05) is 30.3 Å². The first-order chi connectivity index (χ1) is 10.2. The summed E-state index contributed by atoms with van der Waals surface area (Å²) in [5.41, 5.74) is 1.32. The van der Waals surface area contributed by atoms with Gasteiger partial charge in [0.15, 0.2) is 0 Å². The maximum Gasteiger partial charge on any atom is 0.411 e. The molecular weight excluding hydrogens is 270 g/mol. The van der Waals surface area contributed by atoms with Gasteiger partial charge in [-0.05, 0) is 56.5 Å². The Morgan fingerprint density at radius 2 is 1.76 bits per heavy atom. The van der Waals surface area contributed by atoms with E-state index in [1.807, 2.05) is 0 Å². The monoisotopic (exact) mass is 291 g/mol. The van der Waals surface area contributed by atoms with Crippen molar-refractivity contribution in [2.24, 2.45) is 5.92 Å². The first kappa shape index (κ1) is 15.3. The molecule has 0 heterocycles. The van der Waals surface area contributed by atoms with E-state index in [2.05, 4.69) is 16.0 Å². The zero-order valence-electron chi connectivity index (χ0n) is 12.1. The van der Waals surface area contributed by atoms with Crippen LogP contribution in [0.4, 0.5) is 16.2 Å². The minimum Gasteiger partial charge on any atom is -0.450 e.